The maximum absolute atomic E-state index is 13.3. The lowest BCUT2D eigenvalue weighted by Gasteiger charge is -2.31. The maximum Gasteiger partial charge on any atom is 0.261 e. The van der Waals surface area contributed by atoms with E-state index >= 15 is 0 Å². The average Bonchev–Trinajstić information content (AvgIpc) is 2.89. The minimum absolute atomic E-state index is 0.0985. The van der Waals surface area contributed by atoms with Gasteiger partial charge in [0.25, 0.3) is 15.9 Å². The molecule has 2 aromatic carbocycles. The second-order valence-electron chi connectivity index (χ2n) is 6.82. The fourth-order valence-corrected chi connectivity index (χ4v) is 4.84. The summed E-state index contributed by atoms with van der Waals surface area (Å²) in [6.07, 6.45) is 6.98. The Morgan fingerprint density at radius 2 is 1.93 bits per heavy atom. The van der Waals surface area contributed by atoms with Gasteiger partial charge < -0.3 is 4.90 Å². The molecule has 2 unspecified atom stereocenters. The summed E-state index contributed by atoms with van der Waals surface area (Å²) in [5.41, 5.74) is 0.701. The van der Waals surface area contributed by atoms with Crippen LogP contribution in [0.15, 0.2) is 65.6 Å². The highest BCUT2D eigenvalue weighted by Crippen LogP contribution is 2.33. The molecule has 2 bridgehead atoms. The molecule has 140 valence electrons. The van der Waals surface area contributed by atoms with Crippen molar-refractivity contribution in [2.45, 2.75) is 36.2 Å². The Morgan fingerprint density at radius 1 is 1.11 bits per heavy atom. The molecule has 4 rings (SSSR count). The van der Waals surface area contributed by atoms with Crippen molar-refractivity contribution >= 4 is 21.6 Å². The van der Waals surface area contributed by atoms with Crippen molar-refractivity contribution in [3.8, 4) is 0 Å². The van der Waals surface area contributed by atoms with E-state index in [4.69, 9.17) is 0 Å². The smallest absolute Gasteiger partial charge is 0.261 e. The first-order valence-corrected chi connectivity index (χ1v) is 10.3. The number of fused-ring (bicyclic) bond motifs is 2. The number of hydrogen-bond acceptors (Lipinski definition) is 3. The number of carbonyl (C=O) groups excluding carboxylic acids is 1. The Morgan fingerprint density at radius 3 is 2.70 bits per heavy atom. The number of nitrogens with zero attached hydrogens (tertiary/aromatic N) is 1. The molecule has 0 aliphatic carbocycles. The molecular weight excluding hydrogens is 367 g/mol. The molecular formula is C20H19FN2O3S. The molecule has 1 N–H and O–H groups in total. The molecule has 2 heterocycles. The number of rotatable bonds is 4. The van der Waals surface area contributed by atoms with Crippen LogP contribution in [0.3, 0.4) is 0 Å². The summed E-state index contributed by atoms with van der Waals surface area (Å²) in [7, 11) is -3.94. The number of carbonyl (C=O) groups is 1. The van der Waals surface area contributed by atoms with E-state index in [1.54, 1.807) is 18.2 Å². The second kappa shape index (κ2) is 6.81. The molecule has 2 aliphatic rings. The summed E-state index contributed by atoms with van der Waals surface area (Å²) in [4.78, 5) is 14.7. The van der Waals surface area contributed by atoms with Gasteiger partial charge in [-0.05, 0) is 55.7 Å². The van der Waals surface area contributed by atoms with Crippen LogP contribution in [0.25, 0.3) is 0 Å². The Kier molecular flexibility index (Phi) is 4.47. The zero-order chi connectivity index (χ0) is 19.0. The van der Waals surface area contributed by atoms with Gasteiger partial charge in [0, 0.05) is 17.3 Å². The van der Waals surface area contributed by atoms with E-state index in [1.165, 1.54) is 24.3 Å². The van der Waals surface area contributed by atoms with Crippen LogP contribution in [0, 0.1) is 5.82 Å². The maximum atomic E-state index is 13.3. The number of amides is 1. The monoisotopic (exact) mass is 386 g/mol. The van der Waals surface area contributed by atoms with Crippen LogP contribution in [0.5, 0.6) is 0 Å². The molecule has 2 aliphatic heterocycles. The van der Waals surface area contributed by atoms with Crippen molar-refractivity contribution in [1.29, 1.82) is 0 Å². The average molecular weight is 386 g/mol. The molecule has 0 spiro atoms. The van der Waals surface area contributed by atoms with E-state index in [0.29, 0.717) is 5.56 Å². The zero-order valence-corrected chi connectivity index (χ0v) is 15.3. The van der Waals surface area contributed by atoms with Crippen LogP contribution in [0.4, 0.5) is 10.1 Å². The van der Waals surface area contributed by atoms with Crippen LogP contribution >= 0.6 is 0 Å². The lowest BCUT2D eigenvalue weighted by Crippen LogP contribution is -2.42. The highest BCUT2D eigenvalue weighted by molar-refractivity contribution is 7.92. The fraction of sp³-hybridized carbons (Fsp3) is 0.250. The first-order valence-electron chi connectivity index (χ1n) is 8.82. The number of hydrogen-bond donors (Lipinski definition) is 1. The zero-order valence-electron chi connectivity index (χ0n) is 14.5. The third-order valence-electron chi connectivity index (χ3n) is 5.02. The van der Waals surface area contributed by atoms with Crippen molar-refractivity contribution in [1.82, 2.24) is 4.90 Å². The number of anilines is 1. The summed E-state index contributed by atoms with van der Waals surface area (Å²) in [5, 5.41) is 0. The van der Waals surface area contributed by atoms with E-state index in [2.05, 4.69) is 16.9 Å². The summed E-state index contributed by atoms with van der Waals surface area (Å²) in [5.74, 6) is -0.728. The Labute approximate surface area is 157 Å². The minimum Gasteiger partial charge on any atom is -0.329 e. The predicted molar refractivity (Wildman–Crippen MR) is 100 cm³/mol. The van der Waals surface area contributed by atoms with Gasteiger partial charge in [0.1, 0.15) is 5.82 Å². The number of nitrogens with one attached hydrogen (secondary N) is 1. The molecule has 7 heteroatoms. The molecule has 0 radical (unpaired) electrons. The quantitative estimate of drug-likeness (QED) is 0.817. The first kappa shape index (κ1) is 17.7. The molecule has 1 fully saturated rings. The first-order chi connectivity index (χ1) is 12.9. The summed E-state index contributed by atoms with van der Waals surface area (Å²) in [6.45, 7) is 0. The van der Waals surface area contributed by atoms with Gasteiger partial charge in [-0.1, -0.05) is 24.3 Å². The van der Waals surface area contributed by atoms with Crippen molar-refractivity contribution in [2.75, 3.05) is 4.72 Å². The number of halogens is 1. The van der Waals surface area contributed by atoms with E-state index in [-0.39, 0.29) is 28.6 Å². The standard InChI is InChI=1S/C20H19FN2O3S/c21-15-5-2-9-19(13-15)27(25,26)22-16-6-1-4-14(12-16)20(24)23-17-7-3-8-18(23)11-10-17/h1-7,9,12-13,17-18,22H,8,10-11H2. The molecule has 1 amide bonds. The Bertz CT molecular complexity index is 1020. The third kappa shape index (κ3) is 3.47. The van der Waals surface area contributed by atoms with Gasteiger partial charge >= 0.3 is 0 Å². The molecule has 0 aromatic heterocycles. The van der Waals surface area contributed by atoms with Gasteiger partial charge in [-0.3, -0.25) is 9.52 Å². The fourth-order valence-electron chi connectivity index (χ4n) is 3.75. The molecule has 0 saturated carbocycles. The van der Waals surface area contributed by atoms with Gasteiger partial charge in [-0.25, -0.2) is 12.8 Å². The lowest BCUT2D eigenvalue weighted by atomic mass is 10.1. The number of sulfonamides is 1. The Hall–Kier alpha value is -2.67. The van der Waals surface area contributed by atoms with Gasteiger partial charge in [0.05, 0.1) is 10.9 Å². The van der Waals surface area contributed by atoms with E-state index < -0.39 is 15.8 Å². The molecule has 5 nitrogen and oxygen atoms in total. The molecule has 27 heavy (non-hydrogen) atoms. The summed E-state index contributed by atoms with van der Waals surface area (Å²) < 4.78 is 40.7. The largest absolute Gasteiger partial charge is 0.329 e. The minimum atomic E-state index is -3.94. The summed E-state index contributed by atoms with van der Waals surface area (Å²) in [6, 6.07) is 11.5. The molecule has 2 aromatic rings. The van der Waals surface area contributed by atoms with Crippen LogP contribution in [-0.2, 0) is 10.0 Å². The van der Waals surface area contributed by atoms with E-state index in [9.17, 15) is 17.6 Å². The normalized spacial score (nSPS) is 21.3. The van der Waals surface area contributed by atoms with Gasteiger partial charge in [-0.2, -0.15) is 0 Å². The molecule has 1 saturated heterocycles. The van der Waals surface area contributed by atoms with Gasteiger partial charge in [0.15, 0.2) is 0 Å². The van der Waals surface area contributed by atoms with Gasteiger partial charge in [0.2, 0.25) is 0 Å². The second-order valence-corrected chi connectivity index (χ2v) is 8.50. The van der Waals surface area contributed by atoms with Crippen molar-refractivity contribution in [2.24, 2.45) is 0 Å². The predicted octanol–water partition coefficient (Wildman–Crippen LogP) is 3.56. The lowest BCUT2D eigenvalue weighted by molar-refractivity contribution is 0.0689. The highest BCUT2D eigenvalue weighted by Gasteiger charge is 2.37. The van der Waals surface area contributed by atoms with E-state index in [1.807, 2.05) is 4.90 Å². The number of benzene rings is 2. The van der Waals surface area contributed by atoms with Crippen molar-refractivity contribution in [3.63, 3.8) is 0 Å². The molecule has 2 atom stereocenters. The summed E-state index contributed by atoms with van der Waals surface area (Å²) >= 11 is 0. The van der Waals surface area contributed by atoms with Crippen molar-refractivity contribution < 1.29 is 17.6 Å². The Balaban J connectivity index is 1.58. The van der Waals surface area contributed by atoms with Crippen LogP contribution < -0.4 is 4.72 Å². The van der Waals surface area contributed by atoms with Crippen LogP contribution in [-0.4, -0.2) is 31.3 Å². The van der Waals surface area contributed by atoms with Crippen LogP contribution in [0.1, 0.15) is 29.6 Å². The van der Waals surface area contributed by atoms with E-state index in [0.717, 1.165) is 25.3 Å². The van der Waals surface area contributed by atoms with Gasteiger partial charge in [-0.15, -0.1) is 0 Å². The highest BCUT2D eigenvalue weighted by atomic mass is 32.2. The third-order valence-corrected chi connectivity index (χ3v) is 6.39. The van der Waals surface area contributed by atoms with Crippen LogP contribution in [0.2, 0.25) is 0 Å². The topological polar surface area (TPSA) is 66.5 Å². The van der Waals surface area contributed by atoms with Crippen molar-refractivity contribution in [3.05, 3.63) is 72.1 Å². The SMILES string of the molecule is O=C(c1cccc(NS(=O)(=O)c2cccc(F)c2)c1)N1C2C=CCC1CC2.